The Hall–Kier alpha value is -2.87. The molecule has 0 bridgehead atoms. The number of aromatic carboxylic acids is 1. The number of aliphatic hydroxyl groups excluding tert-OH is 2. The molecule has 9 nitrogen and oxygen atoms in total. The van der Waals surface area contributed by atoms with E-state index in [1.807, 2.05) is 13.8 Å². The molecule has 0 fully saturated rings. The quantitative estimate of drug-likeness (QED) is 0.134. The van der Waals surface area contributed by atoms with E-state index < -0.39 is 48.1 Å². The van der Waals surface area contributed by atoms with Gasteiger partial charge in [0.1, 0.15) is 17.3 Å². The number of carboxylic acid groups (broad SMARTS) is 2. The maximum atomic E-state index is 14.1. The number of benzene rings is 3. The van der Waals surface area contributed by atoms with E-state index in [0.717, 1.165) is 0 Å². The number of rotatable bonds is 13. The Bertz CT molecular complexity index is 1690. The molecular weight excluding hydrogens is 632 g/mol. The first-order valence-corrected chi connectivity index (χ1v) is 14.3. The normalized spacial score (nSPS) is 12.1. The van der Waals surface area contributed by atoms with Crippen LogP contribution in [0, 0.1) is 11.6 Å². The average Bonchev–Trinajstić information content (AvgIpc) is 3.32. The van der Waals surface area contributed by atoms with Crippen molar-refractivity contribution in [3.05, 3.63) is 101 Å². The zero-order chi connectivity index (χ0) is 32.8. The van der Waals surface area contributed by atoms with Crippen molar-refractivity contribution >= 4 is 23.5 Å². The fourth-order valence-electron chi connectivity index (χ4n) is 5.43. The van der Waals surface area contributed by atoms with Gasteiger partial charge < -0.3 is 39.9 Å². The first-order chi connectivity index (χ1) is 21.3. The summed E-state index contributed by atoms with van der Waals surface area (Å²) in [7, 11) is 0. The van der Waals surface area contributed by atoms with Gasteiger partial charge in [-0.25, -0.2) is 8.78 Å². The molecule has 2 atom stereocenters. The number of carbonyl (C=O) groups excluding carboxylic acids is 3. The Morgan fingerprint density at radius 2 is 1.38 bits per heavy atom. The minimum absolute atomic E-state index is 0. The summed E-state index contributed by atoms with van der Waals surface area (Å²) >= 11 is 0. The van der Waals surface area contributed by atoms with Gasteiger partial charge in [-0.15, -0.1) is 0 Å². The molecule has 1 heterocycles. The Morgan fingerprint density at radius 3 is 1.89 bits per heavy atom. The Labute approximate surface area is 315 Å². The predicted molar refractivity (Wildman–Crippen MR) is 159 cm³/mol. The summed E-state index contributed by atoms with van der Waals surface area (Å²) in [5.41, 5.74) is 2.67. The van der Waals surface area contributed by atoms with Crippen LogP contribution in [0.25, 0.3) is 22.3 Å². The summed E-state index contributed by atoms with van der Waals surface area (Å²) in [5.74, 6) is -4.48. The number of aliphatic carboxylic acids is 1. The van der Waals surface area contributed by atoms with Gasteiger partial charge in [-0.05, 0) is 86.2 Å². The Kier molecular flexibility index (Phi) is 15.5. The van der Waals surface area contributed by atoms with Crippen molar-refractivity contribution in [2.75, 3.05) is 5.32 Å². The summed E-state index contributed by atoms with van der Waals surface area (Å²) in [4.78, 5) is 36.5. The van der Waals surface area contributed by atoms with Gasteiger partial charge in [-0.1, -0.05) is 36.4 Å². The number of hydrogen-bond acceptors (Lipinski definition) is 7. The van der Waals surface area contributed by atoms with Crippen molar-refractivity contribution in [1.29, 1.82) is 0 Å². The van der Waals surface area contributed by atoms with Crippen LogP contribution in [-0.4, -0.2) is 44.8 Å². The van der Waals surface area contributed by atoms with Crippen molar-refractivity contribution < 1.29 is 103 Å². The standard InChI is InChI=1S/C34H34F2N2O7.2Na/c1-19(2)38-28(15-14-26(39)17-27(40)18-29(41)42)30(20-6-10-23(35)11-7-20)31(21-8-12-24(36)13-9-21)32(38)33(43)37-25-5-3-4-22(16-25)34(44)45;;/h3-13,16,19,26-27,39-40H,14-15,17-18H2,1-2H3,(H,37,43)(H,41,42)(H,44,45);;/q;2*+1/p-2/t26-,27-;;/m1../s1. The Balaban J connectivity index is 0.00000384. The molecule has 0 aliphatic carbocycles. The zero-order valence-corrected chi connectivity index (χ0v) is 30.6. The molecule has 3 aromatic carbocycles. The maximum absolute atomic E-state index is 14.1. The van der Waals surface area contributed by atoms with Crippen LogP contribution in [0.5, 0.6) is 0 Å². The van der Waals surface area contributed by atoms with Gasteiger partial charge in [-0.2, -0.15) is 0 Å². The molecule has 4 rings (SSSR count). The van der Waals surface area contributed by atoms with Crippen molar-refractivity contribution in [1.82, 2.24) is 4.57 Å². The van der Waals surface area contributed by atoms with E-state index in [2.05, 4.69) is 5.32 Å². The van der Waals surface area contributed by atoms with Crippen LogP contribution in [0.4, 0.5) is 14.5 Å². The molecule has 4 aromatic rings. The SMILES string of the molecule is CC(C)n1c(CC[C@@H](O)C[C@@H](O)CC(=O)[O-])c(-c2ccc(F)cc2)c(-c2ccc(F)cc2)c1C(=O)Nc1cccc(C(=O)[O-])c1.[Na+].[Na+]. The van der Waals surface area contributed by atoms with Crippen molar-refractivity contribution in [3.8, 4) is 22.3 Å². The molecule has 13 heteroatoms. The summed E-state index contributed by atoms with van der Waals surface area (Å²) in [6, 6.07) is 16.3. The fourth-order valence-corrected chi connectivity index (χ4v) is 5.43. The summed E-state index contributed by atoms with van der Waals surface area (Å²) < 4.78 is 29.9. The smallest absolute Gasteiger partial charge is 0.550 e. The number of hydrogen-bond donors (Lipinski definition) is 3. The number of aromatic nitrogens is 1. The molecule has 0 unspecified atom stereocenters. The fraction of sp³-hybridized carbons (Fsp3) is 0.265. The topological polar surface area (TPSA) is 155 Å². The number of anilines is 1. The third-order valence-electron chi connectivity index (χ3n) is 7.32. The van der Waals surface area contributed by atoms with Gasteiger partial charge in [0, 0.05) is 40.9 Å². The second-order valence-electron chi connectivity index (χ2n) is 11.0. The van der Waals surface area contributed by atoms with Crippen LogP contribution in [0.1, 0.15) is 65.7 Å². The van der Waals surface area contributed by atoms with Crippen LogP contribution in [-0.2, 0) is 11.2 Å². The number of aliphatic hydroxyl groups is 2. The summed E-state index contributed by atoms with van der Waals surface area (Å²) in [6.07, 6.45) is -3.10. The van der Waals surface area contributed by atoms with Gasteiger partial charge in [0.15, 0.2) is 0 Å². The average molecular weight is 665 g/mol. The van der Waals surface area contributed by atoms with Crippen LogP contribution in [0.3, 0.4) is 0 Å². The largest absolute Gasteiger partial charge is 1.00 e. The minimum atomic E-state index is -1.45. The molecule has 0 saturated carbocycles. The summed E-state index contributed by atoms with van der Waals surface area (Å²) in [6.45, 7) is 3.67. The van der Waals surface area contributed by atoms with Crippen LogP contribution < -0.4 is 74.6 Å². The molecule has 1 amide bonds. The van der Waals surface area contributed by atoms with Crippen LogP contribution >= 0.6 is 0 Å². The molecule has 0 spiro atoms. The minimum Gasteiger partial charge on any atom is -0.550 e. The number of halogens is 2. The van der Waals surface area contributed by atoms with E-state index in [1.165, 1.54) is 72.8 Å². The molecule has 0 radical (unpaired) electrons. The number of nitrogens with zero attached hydrogens (tertiary/aromatic N) is 1. The van der Waals surface area contributed by atoms with E-state index in [0.29, 0.717) is 27.9 Å². The van der Waals surface area contributed by atoms with E-state index in [9.17, 15) is 43.6 Å². The van der Waals surface area contributed by atoms with Gasteiger partial charge in [0.25, 0.3) is 5.91 Å². The van der Waals surface area contributed by atoms with Crippen molar-refractivity contribution in [3.63, 3.8) is 0 Å². The first-order valence-electron chi connectivity index (χ1n) is 14.3. The second kappa shape index (κ2) is 18.0. The monoisotopic (exact) mass is 664 g/mol. The third-order valence-corrected chi connectivity index (χ3v) is 7.32. The molecule has 1 aromatic heterocycles. The van der Waals surface area contributed by atoms with E-state index in [-0.39, 0.29) is 101 Å². The molecule has 236 valence electrons. The molecule has 0 aliphatic heterocycles. The van der Waals surface area contributed by atoms with Crippen molar-refractivity contribution in [2.24, 2.45) is 0 Å². The van der Waals surface area contributed by atoms with E-state index in [4.69, 9.17) is 0 Å². The second-order valence-corrected chi connectivity index (χ2v) is 11.0. The van der Waals surface area contributed by atoms with Crippen molar-refractivity contribution in [2.45, 2.75) is 57.8 Å². The predicted octanol–water partition coefficient (Wildman–Crippen LogP) is -2.51. The van der Waals surface area contributed by atoms with Gasteiger partial charge in [0.2, 0.25) is 0 Å². The van der Waals surface area contributed by atoms with Crippen LogP contribution in [0.15, 0.2) is 72.8 Å². The third kappa shape index (κ3) is 10.3. The maximum Gasteiger partial charge on any atom is 1.00 e. The number of nitrogens with one attached hydrogen (secondary N) is 1. The molecular formula is C34H32F2N2Na2O7. The van der Waals surface area contributed by atoms with Gasteiger partial charge >= 0.3 is 59.1 Å². The molecule has 0 saturated heterocycles. The van der Waals surface area contributed by atoms with Gasteiger partial charge in [0.05, 0.1) is 18.2 Å². The first kappa shape index (κ1) is 40.3. The molecule has 47 heavy (non-hydrogen) atoms. The van der Waals surface area contributed by atoms with Crippen LogP contribution in [0.2, 0.25) is 0 Å². The van der Waals surface area contributed by atoms with Gasteiger partial charge in [-0.3, -0.25) is 4.79 Å². The molecule has 3 N–H and O–H groups in total. The number of carbonyl (C=O) groups is 3. The van der Waals surface area contributed by atoms with E-state index in [1.54, 1.807) is 4.57 Å². The number of amides is 1. The van der Waals surface area contributed by atoms with E-state index >= 15 is 0 Å². The Morgan fingerprint density at radius 1 is 0.830 bits per heavy atom. The summed E-state index contributed by atoms with van der Waals surface area (Å²) in [5, 5.41) is 45.8. The molecule has 0 aliphatic rings. The zero-order valence-electron chi connectivity index (χ0n) is 26.6. The number of carboxylic acids is 2.